The summed E-state index contributed by atoms with van der Waals surface area (Å²) in [5.41, 5.74) is 6.32. The summed E-state index contributed by atoms with van der Waals surface area (Å²) < 4.78 is 10.6. The van der Waals surface area contributed by atoms with E-state index in [0.717, 1.165) is 5.56 Å². The molecule has 5 nitrogen and oxygen atoms in total. The molecule has 0 amide bonds. The van der Waals surface area contributed by atoms with Gasteiger partial charge in [0.1, 0.15) is 5.84 Å². The summed E-state index contributed by atoms with van der Waals surface area (Å²) >= 11 is 0. The molecule has 0 fully saturated rings. The number of rotatable bonds is 5. The average Bonchev–Trinajstić information content (AvgIpc) is 2.31. The van der Waals surface area contributed by atoms with Gasteiger partial charge in [0.25, 0.3) is 0 Å². The summed E-state index contributed by atoms with van der Waals surface area (Å²) in [4.78, 5) is 0. The number of hydrogen-bond acceptors (Lipinski definition) is 4. The summed E-state index contributed by atoms with van der Waals surface area (Å²) in [5.74, 6) is 1.49. The van der Waals surface area contributed by atoms with Crippen molar-refractivity contribution in [2.75, 3.05) is 13.7 Å². The zero-order valence-corrected chi connectivity index (χ0v) is 9.43. The van der Waals surface area contributed by atoms with E-state index < -0.39 is 0 Å². The molecular weight excluding hydrogens is 208 g/mol. The number of nitrogens with zero attached hydrogens (tertiary/aromatic N) is 1. The summed E-state index contributed by atoms with van der Waals surface area (Å²) in [6.07, 6.45) is 0.374. The van der Waals surface area contributed by atoms with E-state index >= 15 is 0 Å². The SMILES string of the molecule is CCOc1ccc(CC(N)=NO)cc1OC. The van der Waals surface area contributed by atoms with E-state index in [1.807, 2.05) is 25.1 Å². The molecule has 5 heteroatoms. The summed E-state index contributed by atoms with van der Waals surface area (Å²) in [7, 11) is 1.57. The van der Waals surface area contributed by atoms with Crippen molar-refractivity contribution in [1.29, 1.82) is 0 Å². The van der Waals surface area contributed by atoms with Crippen LogP contribution in [0.1, 0.15) is 12.5 Å². The van der Waals surface area contributed by atoms with Crippen LogP contribution in [0, 0.1) is 0 Å². The zero-order valence-electron chi connectivity index (χ0n) is 9.43. The van der Waals surface area contributed by atoms with E-state index in [-0.39, 0.29) is 5.84 Å². The van der Waals surface area contributed by atoms with Crippen molar-refractivity contribution in [1.82, 2.24) is 0 Å². The predicted molar refractivity (Wildman–Crippen MR) is 61.3 cm³/mol. The van der Waals surface area contributed by atoms with Gasteiger partial charge in [0.05, 0.1) is 13.7 Å². The molecule has 0 saturated carbocycles. The van der Waals surface area contributed by atoms with Crippen molar-refractivity contribution in [3.8, 4) is 11.5 Å². The minimum Gasteiger partial charge on any atom is -0.493 e. The highest BCUT2D eigenvalue weighted by Gasteiger charge is 2.06. The fourth-order valence-electron chi connectivity index (χ4n) is 1.34. The molecule has 0 atom stereocenters. The molecule has 1 rings (SSSR count). The van der Waals surface area contributed by atoms with Gasteiger partial charge in [-0.25, -0.2) is 0 Å². The fraction of sp³-hybridized carbons (Fsp3) is 0.364. The molecule has 0 aliphatic carbocycles. The third-order valence-corrected chi connectivity index (χ3v) is 2.04. The maximum atomic E-state index is 8.47. The molecule has 1 aromatic rings. The lowest BCUT2D eigenvalue weighted by molar-refractivity contribution is 0.310. The molecule has 0 aromatic heterocycles. The van der Waals surface area contributed by atoms with E-state index in [9.17, 15) is 0 Å². The van der Waals surface area contributed by atoms with Crippen molar-refractivity contribution < 1.29 is 14.7 Å². The second-order valence-corrected chi connectivity index (χ2v) is 3.19. The quantitative estimate of drug-likeness (QED) is 0.343. The number of methoxy groups -OCH3 is 1. The Kier molecular flexibility index (Phi) is 4.44. The molecule has 88 valence electrons. The van der Waals surface area contributed by atoms with Crippen LogP contribution in [0.5, 0.6) is 11.5 Å². The van der Waals surface area contributed by atoms with Gasteiger partial charge in [0, 0.05) is 6.42 Å². The molecule has 16 heavy (non-hydrogen) atoms. The number of oxime groups is 1. The van der Waals surface area contributed by atoms with Gasteiger partial charge in [0.15, 0.2) is 11.5 Å². The Balaban J connectivity index is 2.90. The van der Waals surface area contributed by atoms with Crippen LogP contribution in [0.15, 0.2) is 23.4 Å². The summed E-state index contributed by atoms with van der Waals surface area (Å²) in [6, 6.07) is 5.47. The number of benzene rings is 1. The molecule has 0 bridgehead atoms. The van der Waals surface area contributed by atoms with Crippen molar-refractivity contribution >= 4 is 5.84 Å². The van der Waals surface area contributed by atoms with E-state index in [4.69, 9.17) is 20.4 Å². The van der Waals surface area contributed by atoms with Gasteiger partial charge < -0.3 is 20.4 Å². The van der Waals surface area contributed by atoms with Gasteiger partial charge in [-0.05, 0) is 24.6 Å². The molecule has 0 radical (unpaired) electrons. The van der Waals surface area contributed by atoms with Crippen molar-refractivity contribution in [2.24, 2.45) is 10.9 Å². The van der Waals surface area contributed by atoms with E-state index in [0.29, 0.717) is 24.5 Å². The van der Waals surface area contributed by atoms with Crippen LogP contribution in [0.4, 0.5) is 0 Å². The van der Waals surface area contributed by atoms with Crippen molar-refractivity contribution in [3.05, 3.63) is 23.8 Å². The van der Waals surface area contributed by atoms with E-state index in [1.165, 1.54) is 0 Å². The van der Waals surface area contributed by atoms with Crippen molar-refractivity contribution in [2.45, 2.75) is 13.3 Å². The van der Waals surface area contributed by atoms with Crippen LogP contribution in [-0.2, 0) is 6.42 Å². The molecule has 0 spiro atoms. The Morgan fingerprint density at radius 1 is 1.44 bits per heavy atom. The normalized spacial score (nSPS) is 11.2. The summed E-state index contributed by atoms with van der Waals surface area (Å²) in [5, 5.41) is 11.4. The summed E-state index contributed by atoms with van der Waals surface area (Å²) in [6.45, 7) is 2.49. The molecule has 0 heterocycles. The maximum absolute atomic E-state index is 8.47. The monoisotopic (exact) mass is 224 g/mol. The van der Waals surface area contributed by atoms with Crippen LogP contribution in [0.2, 0.25) is 0 Å². The number of ether oxygens (including phenoxy) is 2. The molecule has 0 saturated heterocycles. The number of amidine groups is 1. The van der Waals surface area contributed by atoms with Crippen LogP contribution >= 0.6 is 0 Å². The van der Waals surface area contributed by atoms with Gasteiger partial charge in [-0.3, -0.25) is 0 Å². The average molecular weight is 224 g/mol. The first-order valence-corrected chi connectivity index (χ1v) is 4.97. The molecule has 0 unspecified atom stereocenters. The van der Waals surface area contributed by atoms with Gasteiger partial charge in [-0.15, -0.1) is 0 Å². The molecule has 1 aromatic carbocycles. The Hall–Kier alpha value is -1.91. The minimum atomic E-state index is 0.159. The highest BCUT2D eigenvalue weighted by Crippen LogP contribution is 2.28. The van der Waals surface area contributed by atoms with Crippen LogP contribution < -0.4 is 15.2 Å². The lowest BCUT2D eigenvalue weighted by Gasteiger charge is -2.10. The zero-order chi connectivity index (χ0) is 12.0. The van der Waals surface area contributed by atoms with Crippen LogP contribution in [0.3, 0.4) is 0 Å². The van der Waals surface area contributed by atoms with Gasteiger partial charge in [-0.2, -0.15) is 0 Å². The molecule has 0 aliphatic rings. The predicted octanol–water partition coefficient (Wildman–Crippen LogP) is 1.38. The highest BCUT2D eigenvalue weighted by atomic mass is 16.5. The van der Waals surface area contributed by atoms with Gasteiger partial charge in [-0.1, -0.05) is 11.2 Å². The molecule has 0 aliphatic heterocycles. The molecular formula is C11H16N2O3. The first-order valence-electron chi connectivity index (χ1n) is 4.97. The van der Waals surface area contributed by atoms with Crippen LogP contribution in [0.25, 0.3) is 0 Å². The van der Waals surface area contributed by atoms with Crippen LogP contribution in [-0.4, -0.2) is 24.8 Å². The minimum absolute atomic E-state index is 0.159. The lowest BCUT2D eigenvalue weighted by Crippen LogP contribution is -2.14. The van der Waals surface area contributed by atoms with E-state index in [2.05, 4.69) is 5.16 Å². The topological polar surface area (TPSA) is 77.1 Å². The maximum Gasteiger partial charge on any atom is 0.161 e. The Morgan fingerprint density at radius 3 is 2.75 bits per heavy atom. The van der Waals surface area contributed by atoms with E-state index in [1.54, 1.807) is 7.11 Å². The Labute approximate surface area is 94.5 Å². The third-order valence-electron chi connectivity index (χ3n) is 2.04. The smallest absolute Gasteiger partial charge is 0.161 e. The highest BCUT2D eigenvalue weighted by molar-refractivity contribution is 5.82. The number of nitrogens with two attached hydrogens (primary N) is 1. The largest absolute Gasteiger partial charge is 0.493 e. The van der Waals surface area contributed by atoms with Crippen molar-refractivity contribution in [3.63, 3.8) is 0 Å². The second kappa shape index (κ2) is 5.85. The van der Waals surface area contributed by atoms with Gasteiger partial charge in [0.2, 0.25) is 0 Å². The Bertz CT molecular complexity index is 377. The second-order valence-electron chi connectivity index (χ2n) is 3.19. The fourth-order valence-corrected chi connectivity index (χ4v) is 1.34. The number of hydrogen-bond donors (Lipinski definition) is 2. The third kappa shape index (κ3) is 3.05. The standard InChI is InChI=1S/C11H16N2O3/c1-3-16-9-5-4-8(6-10(9)15-2)7-11(12)13-14/h4-6,14H,3,7H2,1-2H3,(H2,12,13). The molecule has 3 N–H and O–H groups in total. The first kappa shape index (κ1) is 12.2. The van der Waals surface area contributed by atoms with Gasteiger partial charge >= 0.3 is 0 Å². The first-order chi connectivity index (χ1) is 7.71. The lowest BCUT2D eigenvalue weighted by atomic mass is 10.1. The Morgan fingerprint density at radius 2 is 2.19 bits per heavy atom.